The highest BCUT2D eigenvalue weighted by Gasteiger charge is 2.20. The van der Waals surface area contributed by atoms with Crippen LogP contribution in [-0.2, 0) is 16.4 Å². The highest BCUT2D eigenvalue weighted by Crippen LogP contribution is 2.25. The third-order valence-electron chi connectivity index (χ3n) is 3.28. The lowest BCUT2D eigenvalue weighted by molar-refractivity contribution is 0.413. The minimum Gasteiger partial charge on any atom is -0.497 e. The smallest absolute Gasteiger partial charge is 0.241 e. The van der Waals surface area contributed by atoms with E-state index in [0.717, 1.165) is 5.69 Å². The van der Waals surface area contributed by atoms with Crippen molar-refractivity contribution >= 4 is 10.0 Å². The standard InChI is InChI=1S/C15H20N2O4S/c1-10-7-14(20-4)8-11(2)15(10)22(18,19)16-6-5-13-9-21-12(3)17-13/h7-9,16H,5-6H2,1-4H3. The number of aromatic nitrogens is 1. The average molecular weight is 324 g/mol. The van der Waals surface area contributed by atoms with E-state index in [1.54, 1.807) is 40.0 Å². The number of hydrogen-bond donors (Lipinski definition) is 1. The van der Waals surface area contributed by atoms with Gasteiger partial charge in [0.25, 0.3) is 0 Å². The van der Waals surface area contributed by atoms with Crippen molar-refractivity contribution in [2.75, 3.05) is 13.7 Å². The molecule has 0 aliphatic heterocycles. The van der Waals surface area contributed by atoms with Gasteiger partial charge in [0.15, 0.2) is 5.89 Å². The monoisotopic (exact) mass is 324 g/mol. The first-order valence-corrected chi connectivity index (χ1v) is 8.37. The molecule has 1 aromatic heterocycles. The predicted octanol–water partition coefficient (Wildman–Crippen LogP) is 2.13. The molecule has 2 rings (SSSR count). The second-order valence-corrected chi connectivity index (χ2v) is 6.80. The molecule has 6 nitrogen and oxygen atoms in total. The first-order valence-electron chi connectivity index (χ1n) is 6.89. The molecule has 0 fully saturated rings. The van der Waals surface area contributed by atoms with Crippen LogP contribution in [-0.4, -0.2) is 27.1 Å². The van der Waals surface area contributed by atoms with Crippen molar-refractivity contribution in [3.8, 4) is 5.75 Å². The van der Waals surface area contributed by atoms with Gasteiger partial charge in [0, 0.05) is 19.9 Å². The van der Waals surface area contributed by atoms with Crippen molar-refractivity contribution in [1.29, 1.82) is 0 Å². The molecular formula is C15H20N2O4S. The molecule has 0 radical (unpaired) electrons. The summed E-state index contributed by atoms with van der Waals surface area (Å²) in [7, 11) is -2.02. The topological polar surface area (TPSA) is 81.4 Å². The van der Waals surface area contributed by atoms with Gasteiger partial charge in [0.1, 0.15) is 12.0 Å². The maximum absolute atomic E-state index is 12.5. The molecule has 0 aliphatic rings. The van der Waals surface area contributed by atoms with Gasteiger partial charge in [-0.25, -0.2) is 18.1 Å². The third-order valence-corrected chi connectivity index (χ3v) is 5.04. The Balaban J connectivity index is 2.13. The van der Waals surface area contributed by atoms with E-state index in [-0.39, 0.29) is 6.54 Å². The molecule has 1 N–H and O–H groups in total. The quantitative estimate of drug-likeness (QED) is 0.880. The zero-order valence-corrected chi connectivity index (χ0v) is 14.0. The molecule has 0 bridgehead atoms. The van der Waals surface area contributed by atoms with E-state index in [9.17, 15) is 8.42 Å². The number of ether oxygens (including phenoxy) is 1. The zero-order valence-electron chi connectivity index (χ0n) is 13.1. The largest absolute Gasteiger partial charge is 0.497 e. The molecule has 1 heterocycles. The van der Waals surface area contributed by atoms with Crippen LogP contribution >= 0.6 is 0 Å². The van der Waals surface area contributed by atoms with Crippen molar-refractivity contribution in [1.82, 2.24) is 9.71 Å². The minimum atomic E-state index is -3.57. The molecule has 7 heteroatoms. The first kappa shape index (κ1) is 16.5. The molecule has 0 atom stereocenters. The maximum Gasteiger partial charge on any atom is 0.241 e. The van der Waals surface area contributed by atoms with E-state index in [2.05, 4.69) is 9.71 Å². The van der Waals surface area contributed by atoms with Crippen molar-refractivity contribution in [2.45, 2.75) is 32.1 Å². The summed E-state index contributed by atoms with van der Waals surface area (Å²) < 4.78 is 37.8. The number of nitrogens with one attached hydrogen (secondary N) is 1. The number of aryl methyl sites for hydroxylation is 3. The lowest BCUT2D eigenvalue weighted by atomic mass is 10.1. The molecule has 2 aromatic rings. The van der Waals surface area contributed by atoms with E-state index in [1.165, 1.54) is 6.26 Å². The Kier molecular flexibility index (Phi) is 4.87. The summed E-state index contributed by atoms with van der Waals surface area (Å²) in [6.45, 7) is 5.52. The fraction of sp³-hybridized carbons (Fsp3) is 0.400. The van der Waals surface area contributed by atoms with Crippen LogP contribution in [0.3, 0.4) is 0 Å². The first-order chi connectivity index (χ1) is 10.3. The number of rotatable bonds is 6. The number of oxazole rings is 1. The SMILES string of the molecule is COc1cc(C)c(S(=O)(=O)NCCc2coc(C)n2)c(C)c1. The Morgan fingerprint density at radius 1 is 1.23 bits per heavy atom. The molecule has 120 valence electrons. The van der Waals surface area contributed by atoms with Crippen LogP contribution in [0.5, 0.6) is 5.75 Å². The van der Waals surface area contributed by atoms with Crippen LogP contribution in [0.25, 0.3) is 0 Å². The van der Waals surface area contributed by atoms with Gasteiger partial charge in [-0.2, -0.15) is 0 Å². The fourth-order valence-corrected chi connectivity index (χ4v) is 3.84. The Morgan fingerprint density at radius 3 is 2.36 bits per heavy atom. The summed E-state index contributed by atoms with van der Waals surface area (Å²) in [6, 6.07) is 3.42. The van der Waals surface area contributed by atoms with Crippen LogP contribution < -0.4 is 9.46 Å². The summed E-state index contributed by atoms with van der Waals surface area (Å²) in [5.74, 6) is 1.21. The molecule has 0 unspecified atom stereocenters. The summed E-state index contributed by atoms with van der Waals surface area (Å²) in [4.78, 5) is 4.44. The Morgan fingerprint density at radius 2 is 1.86 bits per heavy atom. The van der Waals surface area contributed by atoms with Crippen LogP contribution in [0.2, 0.25) is 0 Å². The van der Waals surface area contributed by atoms with E-state index in [0.29, 0.717) is 34.1 Å². The van der Waals surface area contributed by atoms with E-state index in [4.69, 9.17) is 9.15 Å². The Hall–Kier alpha value is -1.86. The molecule has 0 saturated heterocycles. The highest BCUT2D eigenvalue weighted by molar-refractivity contribution is 7.89. The molecule has 22 heavy (non-hydrogen) atoms. The fourth-order valence-electron chi connectivity index (χ4n) is 2.36. The maximum atomic E-state index is 12.5. The van der Waals surface area contributed by atoms with Gasteiger partial charge in [0.2, 0.25) is 10.0 Å². The summed E-state index contributed by atoms with van der Waals surface area (Å²) in [6.07, 6.45) is 2.01. The van der Waals surface area contributed by atoms with Gasteiger partial charge in [-0.15, -0.1) is 0 Å². The van der Waals surface area contributed by atoms with E-state index in [1.807, 2.05) is 0 Å². The van der Waals surface area contributed by atoms with Gasteiger partial charge in [-0.05, 0) is 37.1 Å². The van der Waals surface area contributed by atoms with Gasteiger partial charge >= 0.3 is 0 Å². The molecular weight excluding hydrogens is 304 g/mol. The van der Waals surface area contributed by atoms with Gasteiger partial charge in [-0.3, -0.25) is 0 Å². The minimum absolute atomic E-state index is 0.263. The lowest BCUT2D eigenvalue weighted by Crippen LogP contribution is -2.27. The highest BCUT2D eigenvalue weighted by atomic mass is 32.2. The van der Waals surface area contributed by atoms with Crippen molar-refractivity contribution in [3.05, 3.63) is 41.1 Å². The number of sulfonamides is 1. The number of benzene rings is 1. The summed E-state index contributed by atoms with van der Waals surface area (Å²) in [5, 5.41) is 0. The summed E-state index contributed by atoms with van der Waals surface area (Å²) in [5.41, 5.74) is 2.03. The van der Waals surface area contributed by atoms with Crippen LogP contribution in [0, 0.1) is 20.8 Å². The molecule has 0 saturated carbocycles. The molecule has 0 aliphatic carbocycles. The van der Waals surface area contributed by atoms with Crippen LogP contribution in [0.15, 0.2) is 27.7 Å². The third kappa shape index (κ3) is 3.66. The Bertz CT molecular complexity index is 743. The normalized spacial score (nSPS) is 11.6. The zero-order chi connectivity index (χ0) is 16.3. The molecule has 0 amide bonds. The van der Waals surface area contributed by atoms with Crippen molar-refractivity contribution < 1.29 is 17.6 Å². The van der Waals surface area contributed by atoms with Crippen molar-refractivity contribution in [2.24, 2.45) is 0 Å². The van der Waals surface area contributed by atoms with Crippen molar-refractivity contribution in [3.63, 3.8) is 0 Å². The second-order valence-electron chi connectivity index (χ2n) is 5.10. The average Bonchev–Trinajstić information content (AvgIpc) is 2.83. The molecule has 1 aromatic carbocycles. The number of hydrogen-bond acceptors (Lipinski definition) is 5. The lowest BCUT2D eigenvalue weighted by Gasteiger charge is -2.13. The number of nitrogens with zero attached hydrogens (tertiary/aromatic N) is 1. The Labute approximate surface area is 130 Å². The van der Waals surface area contributed by atoms with E-state index < -0.39 is 10.0 Å². The molecule has 0 spiro atoms. The van der Waals surface area contributed by atoms with E-state index >= 15 is 0 Å². The van der Waals surface area contributed by atoms with Crippen LogP contribution in [0.1, 0.15) is 22.7 Å². The number of methoxy groups -OCH3 is 1. The van der Waals surface area contributed by atoms with Gasteiger partial charge in [0.05, 0.1) is 17.7 Å². The van der Waals surface area contributed by atoms with Gasteiger partial charge in [-0.1, -0.05) is 0 Å². The second kappa shape index (κ2) is 6.50. The van der Waals surface area contributed by atoms with Gasteiger partial charge < -0.3 is 9.15 Å². The van der Waals surface area contributed by atoms with Crippen LogP contribution in [0.4, 0.5) is 0 Å². The summed E-state index contributed by atoms with van der Waals surface area (Å²) >= 11 is 0. The predicted molar refractivity (Wildman–Crippen MR) is 82.6 cm³/mol.